The molecule has 0 saturated heterocycles. The molecule has 0 bridgehead atoms. The van der Waals surface area contributed by atoms with Crippen molar-refractivity contribution in [3.8, 4) is 0 Å². The summed E-state index contributed by atoms with van der Waals surface area (Å²) in [5.41, 5.74) is 1.06. The third-order valence-electron chi connectivity index (χ3n) is 1.41. The van der Waals surface area contributed by atoms with E-state index in [0.29, 0.717) is 0 Å². The van der Waals surface area contributed by atoms with E-state index in [0.717, 1.165) is 5.70 Å². The third kappa shape index (κ3) is 0.739. The topological polar surface area (TPSA) is 12.5 Å². The summed E-state index contributed by atoms with van der Waals surface area (Å²) in [4.78, 5) is 1.99. The first-order valence-electron chi connectivity index (χ1n) is 3.12. The molecule has 0 spiro atoms. The highest BCUT2D eigenvalue weighted by molar-refractivity contribution is 5.29. The maximum Gasteiger partial charge on any atom is 0.114 e. The number of allylic oxidation sites excluding steroid dienone is 3. The van der Waals surface area contributed by atoms with Crippen LogP contribution < -0.4 is 0 Å². The lowest BCUT2D eigenvalue weighted by Gasteiger charge is -2.20. The molecule has 0 atom stereocenters. The van der Waals surface area contributed by atoms with Crippen molar-refractivity contribution in [1.82, 2.24) is 4.90 Å². The fourth-order valence-electron chi connectivity index (χ4n) is 0.914. The molecule has 2 rings (SSSR count). The molecule has 10 heavy (non-hydrogen) atoms. The molecular formula is C8H7NO. The molecule has 50 valence electrons. The minimum absolute atomic E-state index is 1.06. The van der Waals surface area contributed by atoms with E-state index in [-0.39, 0.29) is 0 Å². The second kappa shape index (κ2) is 2.06. The number of ether oxygens (including phenoxy) is 1. The third-order valence-corrected chi connectivity index (χ3v) is 1.41. The molecule has 0 aromatic heterocycles. The first-order valence-corrected chi connectivity index (χ1v) is 3.12. The average molecular weight is 133 g/mol. The molecule has 0 N–H and O–H groups in total. The van der Waals surface area contributed by atoms with Gasteiger partial charge in [0.25, 0.3) is 0 Å². The van der Waals surface area contributed by atoms with Crippen molar-refractivity contribution in [2.45, 2.75) is 0 Å². The lowest BCUT2D eigenvalue weighted by molar-refractivity contribution is 0.357. The van der Waals surface area contributed by atoms with Gasteiger partial charge in [-0.15, -0.1) is 0 Å². The maximum absolute atomic E-state index is 4.97. The van der Waals surface area contributed by atoms with Crippen LogP contribution in [0.15, 0.2) is 48.8 Å². The van der Waals surface area contributed by atoms with Gasteiger partial charge in [0.1, 0.15) is 12.5 Å². The normalized spacial score (nSPS) is 20.0. The number of hydrogen-bond acceptors (Lipinski definition) is 2. The highest BCUT2D eigenvalue weighted by atomic mass is 16.5. The second-order valence-corrected chi connectivity index (χ2v) is 2.07. The zero-order valence-corrected chi connectivity index (χ0v) is 5.40. The molecule has 2 nitrogen and oxygen atoms in total. The van der Waals surface area contributed by atoms with Crippen LogP contribution in [0.1, 0.15) is 0 Å². The largest absolute Gasteiger partial charge is 0.469 e. The number of fused-ring (bicyclic) bond motifs is 1. The predicted octanol–water partition coefficient (Wildman–Crippen LogP) is 1.71. The van der Waals surface area contributed by atoms with Crippen molar-refractivity contribution in [1.29, 1.82) is 0 Å². The molecule has 0 aliphatic carbocycles. The summed E-state index contributed by atoms with van der Waals surface area (Å²) in [7, 11) is 0. The zero-order chi connectivity index (χ0) is 6.81. The summed E-state index contributed by atoms with van der Waals surface area (Å²) in [5, 5.41) is 0. The van der Waals surface area contributed by atoms with Crippen LogP contribution in [-0.4, -0.2) is 4.90 Å². The van der Waals surface area contributed by atoms with Gasteiger partial charge in [0.2, 0.25) is 0 Å². The van der Waals surface area contributed by atoms with Crippen molar-refractivity contribution in [3.63, 3.8) is 0 Å². The summed E-state index contributed by atoms with van der Waals surface area (Å²) < 4.78 is 4.97. The summed E-state index contributed by atoms with van der Waals surface area (Å²) in [6.07, 6.45) is 13.1. The Hall–Kier alpha value is -1.44. The average Bonchev–Trinajstić information content (AvgIpc) is 2.05. The lowest BCUT2D eigenvalue weighted by Crippen LogP contribution is -2.11. The van der Waals surface area contributed by atoms with E-state index in [1.165, 1.54) is 0 Å². The fraction of sp³-hybridized carbons (Fsp3) is 0. The molecule has 0 radical (unpaired) electrons. The minimum atomic E-state index is 1.06. The van der Waals surface area contributed by atoms with Crippen LogP contribution in [0, 0.1) is 0 Å². The molecule has 0 aromatic rings. The van der Waals surface area contributed by atoms with Gasteiger partial charge in [0.15, 0.2) is 0 Å². The fourth-order valence-corrected chi connectivity index (χ4v) is 0.914. The van der Waals surface area contributed by atoms with Crippen molar-refractivity contribution in [3.05, 3.63) is 48.8 Å². The Morgan fingerprint density at radius 3 is 3.10 bits per heavy atom. The quantitative estimate of drug-likeness (QED) is 0.498. The molecule has 0 saturated carbocycles. The van der Waals surface area contributed by atoms with Crippen LogP contribution >= 0.6 is 0 Å². The maximum atomic E-state index is 4.97. The minimum Gasteiger partial charge on any atom is -0.469 e. The molecule has 0 unspecified atom stereocenters. The molecule has 0 fully saturated rings. The molecule has 2 aliphatic rings. The first kappa shape index (κ1) is 5.35. The molecule has 0 aromatic carbocycles. The zero-order valence-electron chi connectivity index (χ0n) is 5.40. The highest BCUT2D eigenvalue weighted by Gasteiger charge is 2.05. The summed E-state index contributed by atoms with van der Waals surface area (Å²) in [5.74, 6) is 0. The van der Waals surface area contributed by atoms with Gasteiger partial charge >= 0.3 is 0 Å². The highest BCUT2D eigenvalue weighted by Crippen LogP contribution is 2.15. The van der Waals surface area contributed by atoms with Crippen LogP contribution in [0.2, 0.25) is 0 Å². The van der Waals surface area contributed by atoms with Gasteiger partial charge in [-0.3, -0.25) is 0 Å². The van der Waals surface area contributed by atoms with Crippen molar-refractivity contribution >= 4 is 0 Å². The van der Waals surface area contributed by atoms with Gasteiger partial charge in [-0.05, 0) is 12.2 Å². The number of nitrogens with zero attached hydrogens (tertiary/aromatic N) is 1. The Bertz CT molecular complexity index is 248. The summed E-state index contributed by atoms with van der Waals surface area (Å²) in [6, 6.07) is 0. The lowest BCUT2D eigenvalue weighted by atomic mass is 10.3. The van der Waals surface area contributed by atoms with Crippen LogP contribution in [0.4, 0.5) is 0 Å². The molecule has 2 heteroatoms. The van der Waals surface area contributed by atoms with Crippen LogP contribution in [0.5, 0.6) is 0 Å². The standard InChI is InChI=1S/C8H7NO/c1-2-4-9-5-6-10-7-8(9)3-1/h1-7H. The van der Waals surface area contributed by atoms with Gasteiger partial charge < -0.3 is 9.64 Å². The summed E-state index contributed by atoms with van der Waals surface area (Å²) >= 11 is 0. The monoisotopic (exact) mass is 133 g/mol. The second-order valence-electron chi connectivity index (χ2n) is 2.07. The van der Waals surface area contributed by atoms with Gasteiger partial charge in [-0.25, -0.2) is 0 Å². The summed E-state index contributed by atoms with van der Waals surface area (Å²) in [6.45, 7) is 0. The van der Waals surface area contributed by atoms with Crippen LogP contribution in [-0.2, 0) is 4.74 Å². The number of rotatable bonds is 0. The van der Waals surface area contributed by atoms with Gasteiger partial charge in [-0.1, -0.05) is 6.08 Å². The van der Waals surface area contributed by atoms with E-state index in [1.54, 1.807) is 12.5 Å². The van der Waals surface area contributed by atoms with E-state index in [1.807, 2.05) is 35.5 Å². The first-order chi connectivity index (χ1) is 4.97. The van der Waals surface area contributed by atoms with Gasteiger partial charge in [0, 0.05) is 12.4 Å². The Labute approximate surface area is 59.4 Å². The Morgan fingerprint density at radius 1 is 1.20 bits per heavy atom. The van der Waals surface area contributed by atoms with E-state index < -0.39 is 0 Å². The van der Waals surface area contributed by atoms with E-state index in [9.17, 15) is 0 Å². The van der Waals surface area contributed by atoms with Gasteiger partial charge in [0.05, 0.1) is 5.70 Å². The Morgan fingerprint density at radius 2 is 2.20 bits per heavy atom. The molecular weight excluding hydrogens is 126 g/mol. The van der Waals surface area contributed by atoms with Crippen molar-refractivity contribution < 1.29 is 4.74 Å². The smallest absolute Gasteiger partial charge is 0.114 e. The van der Waals surface area contributed by atoms with Crippen LogP contribution in [0.25, 0.3) is 0 Å². The Kier molecular flexibility index (Phi) is 1.10. The van der Waals surface area contributed by atoms with Crippen molar-refractivity contribution in [2.24, 2.45) is 0 Å². The molecule has 0 amide bonds. The van der Waals surface area contributed by atoms with E-state index in [2.05, 4.69) is 0 Å². The SMILES string of the molecule is C1=CC2=COC=CN2C=C1. The van der Waals surface area contributed by atoms with Crippen LogP contribution in [0.3, 0.4) is 0 Å². The number of hydrogen-bond donors (Lipinski definition) is 0. The van der Waals surface area contributed by atoms with Crippen molar-refractivity contribution in [2.75, 3.05) is 0 Å². The van der Waals surface area contributed by atoms with E-state index in [4.69, 9.17) is 4.74 Å². The predicted molar refractivity (Wildman–Crippen MR) is 38.4 cm³/mol. The molecule has 2 heterocycles. The van der Waals surface area contributed by atoms with E-state index >= 15 is 0 Å². The molecule has 2 aliphatic heterocycles. The Balaban J connectivity index is 2.33. The van der Waals surface area contributed by atoms with Gasteiger partial charge in [-0.2, -0.15) is 0 Å².